The Balaban J connectivity index is 2.24. The smallest absolute Gasteiger partial charge is 0.0733 e. The molecule has 0 N–H and O–H groups in total. The van der Waals surface area contributed by atoms with Gasteiger partial charge in [0.2, 0.25) is 0 Å². The van der Waals surface area contributed by atoms with Crippen LogP contribution in [0, 0.1) is 0 Å². The number of rotatable bonds is 2. The normalized spacial score (nSPS) is 11.0. The molecule has 22 heavy (non-hydrogen) atoms. The van der Waals surface area contributed by atoms with E-state index in [1.165, 1.54) is 0 Å². The molecule has 0 unspecified atom stereocenters. The molecule has 0 aliphatic rings. The Morgan fingerprint density at radius 3 is 2.59 bits per heavy atom. The van der Waals surface area contributed by atoms with Crippen LogP contribution in [0.2, 0.25) is 10.0 Å². The molecule has 0 aliphatic heterocycles. The van der Waals surface area contributed by atoms with Crippen LogP contribution in [0.15, 0.2) is 47.1 Å². The first-order valence-electron chi connectivity index (χ1n) is 6.68. The van der Waals surface area contributed by atoms with Gasteiger partial charge in [-0.1, -0.05) is 35.3 Å². The number of halogens is 3. The van der Waals surface area contributed by atoms with E-state index in [0.717, 1.165) is 32.2 Å². The molecule has 2 aromatic carbocycles. The van der Waals surface area contributed by atoms with E-state index in [4.69, 9.17) is 23.2 Å². The zero-order valence-electron chi connectivity index (χ0n) is 12.1. The predicted molar refractivity (Wildman–Crippen MR) is 99.2 cm³/mol. The maximum absolute atomic E-state index is 6.45. The maximum atomic E-state index is 6.45. The first-order chi connectivity index (χ1) is 10.5. The van der Waals surface area contributed by atoms with Crippen molar-refractivity contribution in [3.8, 4) is 11.1 Å². The third-order valence-corrected chi connectivity index (χ3v) is 5.07. The summed E-state index contributed by atoms with van der Waals surface area (Å²) in [6, 6.07) is 12.1. The Morgan fingerprint density at radius 2 is 1.86 bits per heavy atom. The van der Waals surface area contributed by atoms with Crippen molar-refractivity contribution in [1.29, 1.82) is 0 Å². The molecule has 0 saturated carbocycles. The summed E-state index contributed by atoms with van der Waals surface area (Å²) < 4.78 is 0.775. The molecular weight excluding hydrogens is 383 g/mol. The molecule has 0 spiro atoms. The van der Waals surface area contributed by atoms with E-state index in [1.807, 2.05) is 38.4 Å². The van der Waals surface area contributed by atoms with Crippen molar-refractivity contribution in [2.24, 2.45) is 0 Å². The summed E-state index contributed by atoms with van der Waals surface area (Å²) in [5.41, 5.74) is 3.90. The first-order valence-corrected chi connectivity index (χ1v) is 8.23. The Labute approximate surface area is 147 Å². The van der Waals surface area contributed by atoms with Gasteiger partial charge in [0.05, 0.1) is 20.0 Å². The second kappa shape index (κ2) is 6.07. The number of hydrogen-bond donors (Lipinski definition) is 0. The Hall–Kier alpha value is -1.29. The fourth-order valence-electron chi connectivity index (χ4n) is 2.33. The van der Waals surface area contributed by atoms with Crippen LogP contribution in [0.3, 0.4) is 0 Å². The number of aromatic nitrogens is 1. The summed E-state index contributed by atoms with van der Waals surface area (Å²) >= 11 is 16.2. The van der Waals surface area contributed by atoms with E-state index >= 15 is 0 Å². The summed E-state index contributed by atoms with van der Waals surface area (Å²) in [4.78, 5) is 6.42. The van der Waals surface area contributed by atoms with E-state index in [2.05, 4.69) is 37.9 Å². The molecule has 0 saturated heterocycles. The SMILES string of the molecule is CN(C)c1cccc(-c2cc3c(Cl)c(Br)cnc3cc2Cl)c1. The first kappa shape index (κ1) is 15.6. The van der Waals surface area contributed by atoms with Crippen molar-refractivity contribution >= 4 is 55.7 Å². The van der Waals surface area contributed by atoms with Crippen molar-refractivity contribution < 1.29 is 0 Å². The fraction of sp³-hybridized carbons (Fsp3) is 0.118. The van der Waals surface area contributed by atoms with Gasteiger partial charge >= 0.3 is 0 Å². The van der Waals surface area contributed by atoms with Crippen LogP contribution in [-0.4, -0.2) is 19.1 Å². The summed E-state index contributed by atoms with van der Waals surface area (Å²) in [6.07, 6.45) is 1.69. The molecule has 0 aliphatic carbocycles. The Kier molecular flexibility index (Phi) is 4.31. The highest BCUT2D eigenvalue weighted by Gasteiger charge is 2.11. The molecule has 0 bridgehead atoms. The predicted octanol–water partition coefficient (Wildman–Crippen LogP) is 6.04. The monoisotopic (exact) mass is 394 g/mol. The van der Waals surface area contributed by atoms with Gasteiger partial charge in [0, 0.05) is 36.9 Å². The molecule has 1 heterocycles. The number of fused-ring (bicyclic) bond motifs is 1. The van der Waals surface area contributed by atoms with E-state index in [1.54, 1.807) is 6.20 Å². The minimum atomic E-state index is 0.645. The Morgan fingerprint density at radius 1 is 1.09 bits per heavy atom. The van der Waals surface area contributed by atoms with Crippen molar-refractivity contribution in [3.63, 3.8) is 0 Å². The van der Waals surface area contributed by atoms with Gasteiger partial charge in [-0.3, -0.25) is 4.98 Å². The molecule has 0 atom stereocenters. The summed E-state index contributed by atoms with van der Waals surface area (Å²) in [7, 11) is 4.03. The van der Waals surface area contributed by atoms with Gasteiger partial charge in [0.15, 0.2) is 0 Å². The fourth-order valence-corrected chi connectivity index (χ4v) is 3.11. The van der Waals surface area contributed by atoms with E-state index in [-0.39, 0.29) is 0 Å². The summed E-state index contributed by atoms with van der Waals surface area (Å²) in [5.74, 6) is 0. The lowest BCUT2D eigenvalue weighted by Gasteiger charge is -2.15. The quantitative estimate of drug-likeness (QED) is 0.525. The van der Waals surface area contributed by atoms with Gasteiger partial charge < -0.3 is 4.90 Å². The summed E-state index contributed by atoms with van der Waals surface area (Å²) in [6.45, 7) is 0. The Bertz CT molecular complexity index is 863. The zero-order valence-corrected chi connectivity index (χ0v) is 15.2. The molecule has 5 heteroatoms. The highest BCUT2D eigenvalue weighted by Crippen LogP contribution is 2.37. The molecule has 0 amide bonds. The average molecular weight is 396 g/mol. The third kappa shape index (κ3) is 2.81. The zero-order chi connectivity index (χ0) is 15.9. The molecule has 1 aromatic heterocycles. The van der Waals surface area contributed by atoms with Crippen molar-refractivity contribution in [2.45, 2.75) is 0 Å². The van der Waals surface area contributed by atoms with Gasteiger partial charge in [-0.05, 0) is 45.8 Å². The van der Waals surface area contributed by atoms with Gasteiger partial charge in [-0.25, -0.2) is 0 Å². The standard InChI is InChI=1S/C17H13BrCl2N2/c1-22(2)11-5-3-4-10(6-11)12-7-13-16(8-15(12)19)21-9-14(18)17(13)20/h3-9H,1-2H3. The number of pyridine rings is 1. The van der Waals surface area contributed by atoms with E-state index < -0.39 is 0 Å². The van der Waals surface area contributed by atoms with Crippen molar-refractivity contribution in [1.82, 2.24) is 4.98 Å². The lowest BCUT2D eigenvalue weighted by atomic mass is 10.0. The second-order valence-electron chi connectivity index (χ2n) is 5.21. The van der Waals surface area contributed by atoms with Crippen LogP contribution in [0.25, 0.3) is 22.0 Å². The van der Waals surface area contributed by atoms with E-state index in [9.17, 15) is 0 Å². The van der Waals surface area contributed by atoms with Crippen LogP contribution in [0.4, 0.5) is 5.69 Å². The van der Waals surface area contributed by atoms with Crippen LogP contribution < -0.4 is 4.90 Å². The molecule has 0 radical (unpaired) electrons. The van der Waals surface area contributed by atoms with Crippen LogP contribution in [-0.2, 0) is 0 Å². The lowest BCUT2D eigenvalue weighted by molar-refractivity contribution is 1.13. The highest BCUT2D eigenvalue weighted by atomic mass is 79.9. The second-order valence-corrected chi connectivity index (χ2v) is 6.85. The molecule has 0 fully saturated rings. The molecule has 2 nitrogen and oxygen atoms in total. The number of anilines is 1. The lowest BCUT2D eigenvalue weighted by Crippen LogP contribution is -2.08. The minimum Gasteiger partial charge on any atom is -0.378 e. The van der Waals surface area contributed by atoms with Crippen LogP contribution in [0.5, 0.6) is 0 Å². The topological polar surface area (TPSA) is 16.1 Å². The van der Waals surface area contributed by atoms with Gasteiger partial charge in [0.25, 0.3) is 0 Å². The van der Waals surface area contributed by atoms with Gasteiger partial charge in [0.1, 0.15) is 0 Å². The molecule has 3 aromatic rings. The van der Waals surface area contributed by atoms with Crippen LogP contribution in [0.1, 0.15) is 0 Å². The number of benzene rings is 2. The number of nitrogens with zero attached hydrogens (tertiary/aromatic N) is 2. The number of hydrogen-bond acceptors (Lipinski definition) is 2. The molecular formula is C17H13BrCl2N2. The average Bonchev–Trinajstić information content (AvgIpc) is 2.51. The third-order valence-electron chi connectivity index (χ3n) is 3.52. The van der Waals surface area contributed by atoms with Gasteiger partial charge in [-0.15, -0.1) is 0 Å². The van der Waals surface area contributed by atoms with Gasteiger partial charge in [-0.2, -0.15) is 0 Å². The minimum absolute atomic E-state index is 0.645. The van der Waals surface area contributed by atoms with Crippen LogP contribution >= 0.6 is 39.1 Å². The molecule has 3 rings (SSSR count). The largest absolute Gasteiger partial charge is 0.378 e. The van der Waals surface area contributed by atoms with Crippen molar-refractivity contribution in [2.75, 3.05) is 19.0 Å². The maximum Gasteiger partial charge on any atom is 0.0733 e. The highest BCUT2D eigenvalue weighted by molar-refractivity contribution is 9.10. The van der Waals surface area contributed by atoms with E-state index in [0.29, 0.717) is 10.0 Å². The summed E-state index contributed by atoms with van der Waals surface area (Å²) in [5, 5.41) is 2.19. The molecule has 112 valence electrons. The van der Waals surface area contributed by atoms with Crippen molar-refractivity contribution in [3.05, 3.63) is 57.1 Å².